The lowest BCUT2D eigenvalue weighted by Gasteiger charge is -2.23. The maximum absolute atomic E-state index is 14.1. The molecule has 2 fully saturated rings. The van der Waals surface area contributed by atoms with Crippen molar-refractivity contribution in [3.8, 4) is 0 Å². The number of fused-ring (bicyclic) bond motifs is 1. The lowest BCUT2D eigenvalue weighted by Crippen LogP contribution is -2.37. The average molecular weight is 388 g/mol. The molecule has 5 nitrogen and oxygen atoms in total. The SMILES string of the molecule is CCc1ccc(N2C(=O)N(Cc3ccccc3F)[C@@H]3CS(=O)(=O)C[C@H]32)cc1. The van der Waals surface area contributed by atoms with E-state index in [4.69, 9.17) is 0 Å². The molecule has 142 valence electrons. The van der Waals surface area contributed by atoms with Crippen LogP contribution in [-0.2, 0) is 22.8 Å². The maximum Gasteiger partial charge on any atom is 0.325 e. The predicted octanol–water partition coefficient (Wildman–Crippen LogP) is 3.00. The van der Waals surface area contributed by atoms with Crippen molar-refractivity contribution in [3.63, 3.8) is 0 Å². The van der Waals surface area contributed by atoms with E-state index in [-0.39, 0.29) is 24.1 Å². The average Bonchev–Trinajstić information content (AvgIpc) is 3.07. The second-order valence-corrected chi connectivity index (χ2v) is 9.26. The number of benzene rings is 2. The Morgan fingerprint density at radius 1 is 1.04 bits per heavy atom. The van der Waals surface area contributed by atoms with Crippen molar-refractivity contribution in [2.45, 2.75) is 32.0 Å². The molecule has 2 atom stereocenters. The Morgan fingerprint density at radius 2 is 1.70 bits per heavy atom. The molecule has 4 rings (SSSR count). The highest BCUT2D eigenvalue weighted by atomic mass is 32.2. The Bertz CT molecular complexity index is 975. The molecular formula is C20H21FN2O3S. The molecule has 2 aromatic carbocycles. The van der Waals surface area contributed by atoms with Gasteiger partial charge in [0.05, 0.1) is 30.1 Å². The van der Waals surface area contributed by atoms with E-state index in [9.17, 15) is 17.6 Å². The molecule has 0 unspecified atom stereocenters. The maximum atomic E-state index is 14.1. The fourth-order valence-corrected chi connectivity index (χ4v) is 5.92. The fraction of sp³-hybridized carbons (Fsp3) is 0.350. The van der Waals surface area contributed by atoms with Crippen LogP contribution in [0.5, 0.6) is 0 Å². The van der Waals surface area contributed by atoms with E-state index in [0.717, 1.165) is 12.0 Å². The number of hydrogen-bond donors (Lipinski definition) is 0. The van der Waals surface area contributed by atoms with Gasteiger partial charge in [-0.1, -0.05) is 37.3 Å². The van der Waals surface area contributed by atoms with Gasteiger partial charge in [0.2, 0.25) is 0 Å². The second-order valence-electron chi connectivity index (χ2n) is 7.10. The van der Waals surface area contributed by atoms with Crippen LogP contribution in [0.2, 0.25) is 0 Å². The predicted molar refractivity (Wildman–Crippen MR) is 102 cm³/mol. The summed E-state index contributed by atoms with van der Waals surface area (Å²) in [5.74, 6) is -0.540. The van der Waals surface area contributed by atoms with Gasteiger partial charge in [-0.15, -0.1) is 0 Å². The summed E-state index contributed by atoms with van der Waals surface area (Å²) in [7, 11) is -3.25. The molecule has 2 amide bonds. The topological polar surface area (TPSA) is 57.7 Å². The standard InChI is InChI=1S/C20H21FN2O3S/c1-2-14-7-9-16(10-8-14)23-19-13-27(25,26)12-18(19)22(20(23)24)11-15-5-3-4-6-17(15)21/h3-10,18-19H,2,11-13H2,1H3/t18-,19-/m1/s1. The lowest BCUT2D eigenvalue weighted by atomic mass is 10.1. The number of carbonyl (C=O) groups excluding carboxylic acids is 1. The van der Waals surface area contributed by atoms with Crippen LogP contribution in [0, 0.1) is 5.82 Å². The molecule has 2 saturated heterocycles. The Morgan fingerprint density at radius 3 is 2.37 bits per heavy atom. The minimum atomic E-state index is -3.25. The molecule has 0 bridgehead atoms. The van der Waals surface area contributed by atoms with E-state index < -0.39 is 27.7 Å². The molecule has 0 aromatic heterocycles. The van der Waals surface area contributed by atoms with Crippen LogP contribution in [-0.4, -0.2) is 42.9 Å². The van der Waals surface area contributed by atoms with Crippen molar-refractivity contribution in [1.29, 1.82) is 0 Å². The summed E-state index contributed by atoms with van der Waals surface area (Å²) in [6, 6.07) is 12.7. The second kappa shape index (κ2) is 6.64. The lowest BCUT2D eigenvalue weighted by molar-refractivity contribution is 0.205. The smallest absolute Gasteiger partial charge is 0.314 e. The molecule has 2 aliphatic rings. The van der Waals surface area contributed by atoms with Crippen LogP contribution in [0.4, 0.5) is 14.9 Å². The van der Waals surface area contributed by atoms with E-state index in [0.29, 0.717) is 11.3 Å². The van der Waals surface area contributed by atoms with Crippen LogP contribution in [0.25, 0.3) is 0 Å². The largest absolute Gasteiger partial charge is 0.325 e. The molecule has 7 heteroatoms. The third-order valence-electron chi connectivity index (χ3n) is 5.40. The molecule has 2 heterocycles. The van der Waals surface area contributed by atoms with Crippen LogP contribution < -0.4 is 4.90 Å². The first-order valence-electron chi connectivity index (χ1n) is 9.02. The van der Waals surface area contributed by atoms with Gasteiger partial charge >= 0.3 is 6.03 Å². The number of rotatable bonds is 4. The number of urea groups is 1. The summed E-state index contributed by atoms with van der Waals surface area (Å²) in [4.78, 5) is 16.2. The Balaban J connectivity index is 1.70. The van der Waals surface area contributed by atoms with E-state index in [1.807, 2.05) is 31.2 Å². The first kappa shape index (κ1) is 18.0. The molecular weight excluding hydrogens is 367 g/mol. The number of sulfone groups is 1. The summed E-state index contributed by atoms with van der Waals surface area (Å²) in [5, 5.41) is 0. The molecule has 2 aromatic rings. The summed E-state index contributed by atoms with van der Waals surface area (Å²) in [6.07, 6.45) is 0.883. The highest BCUT2D eigenvalue weighted by molar-refractivity contribution is 7.91. The van der Waals surface area contributed by atoms with E-state index in [2.05, 4.69) is 0 Å². The zero-order valence-electron chi connectivity index (χ0n) is 15.0. The first-order valence-corrected chi connectivity index (χ1v) is 10.8. The molecule has 0 radical (unpaired) electrons. The van der Waals surface area contributed by atoms with E-state index in [1.54, 1.807) is 23.1 Å². The first-order chi connectivity index (χ1) is 12.9. The molecule has 27 heavy (non-hydrogen) atoms. The summed E-state index contributed by atoms with van der Waals surface area (Å²) in [5.41, 5.74) is 2.21. The van der Waals surface area contributed by atoms with E-state index in [1.165, 1.54) is 11.0 Å². The Hall–Kier alpha value is -2.41. The van der Waals surface area contributed by atoms with Gasteiger partial charge in [-0.3, -0.25) is 4.90 Å². The van der Waals surface area contributed by atoms with Crippen LogP contribution in [0.1, 0.15) is 18.1 Å². The van der Waals surface area contributed by atoms with Gasteiger partial charge < -0.3 is 4.90 Å². The number of aryl methyl sites for hydroxylation is 1. The number of nitrogens with zero attached hydrogens (tertiary/aromatic N) is 2. The van der Waals surface area contributed by atoms with Gasteiger partial charge in [-0.25, -0.2) is 17.6 Å². The summed E-state index contributed by atoms with van der Waals surface area (Å²) < 4.78 is 38.6. The van der Waals surface area contributed by atoms with Gasteiger partial charge in [0.15, 0.2) is 9.84 Å². The third kappa shape index (κ3) is 3.20. The number of anilines is 1. The minimum absolute atomic E-state index is 0.0612. The quantitative estimate of drug-likeness (QED) is 0.757. The molecule has 0 saturated carbocycles. The van der Waals surface area contributed by atoms with Crippen LogP contribution in [0.3, 0.4) is 0 Å². The number of amides is 2. The van der Waals surface area contributed by atoms with E-state index >= 15 is 0 Å². The summed E-state index contributed by atoms with van der Waals surface area (Å²) in [6.45, 7) is 2.11. The Kier molecular flexibility index (Phi) is 4.42. The summed E-state index contributed by atoms with van der Waals surface area (Å²) >= 11 is 0. The molecule has 0 N–H and O–H groups in total. The normalized spacial score (nSPS) is 23.7. The number of hydrogen-bond acceptors (Lipinski definition) is 3. The highest BCUT2D eigenvalue weighted by Crippen LogP contribution is 2.36. The van der Waals surface area contributed by atoms with Gasteiger partial charge in [-0.05, 0) is 30.2 Å². The molecule has 0 aliphatic carbocycles. The van der Waals surface area contributed by atoms with Crippen molar-refractivity contribution in [2.24, 2.45) is 0 Å². The van der Waals surface area contributed by atoms with Gasteiger partial charge in [0, 0.05) is 11.3 Å². The Labute approximate surface area is 158 Å². The minimum Gasteiger partial charge on any atom is -0.314 e. The highest BCUT2D eigenvalue weighted by Gasteiger charge is 2.53. The monoisotopic (exact) mass is 388 g/mol. The molecule has 2 aliphatic heterocycles. The zero-order valence-corrected chi connectivity index (χ0v) is 15.8. The van der Waals surface area contributed by atoms with Crippen molar-refractivity contribution >= 4 is 21.6 Å². The number of halogens is 1. The van der Waals surface area contributed by atoms with Crippen molar-refractivity contribution in [3.05, 3.63) is 65.5 Å². The third-order valence-corrected chi connectivity index (χ3v) is 7.10. The zero-order chi connectivity index (χ0) is 19.2. The van der Waals surface area contributed by atoms with Gasteiger partial charge in [-0.2, -0.15) is 0 Å². The van der Waals surface area contributed by atoms with Crippen LogP contribution in [0.15, 0.2) is 48.5 Å². The fourth-order valence-electron chi connectivity index (χ4n) is 3.97. The van der Waals surface area contributed by atoms with Crippen molar-refractivity contribution < 1.29 is 17.6 Å². The van der Waals surface area contributed by atoms with Gasteiger partial charge in [0.1, 0.15) is 5.82 Å². The molecule has 0 spiro atoms. The van der Waals surface area contributed by atoms with Crippen molar-refractivity contribution in [1.82, 2.24) is 4.90 Å². The van der Waals surface area contributed by atoms with Crippen molar-refractivity contribution in [2.75, 3.05) is 16.4 Å². The number of carbonyl (C=O) groups is 1. The van der Waals surface area contributed by atoms with Crippen LogP contribution >= 0.6 is 0 Å². The van der Waals surface area contributed by atoms with Gasteiger partial charge in [0.25, 0.3) is 0 Å².